The van der Waals surface area contributed by atoms with Gasteiger partial charge in [-0.15, -0.1) is 11.8 Å². The molecule has 1 atom stereocenters. The SMILES string of the molecule is NCC1(C(=O)NC2CCSc3ccc(F)cc32)CCC1. The Morgan fingerprint density at radius 3 is 2.95 bits per heavy atom. The molecular formula is C15H19FN2OS. The van der Waals surface area contributed by atoms with E-state index in [-0.39, 0.29) is 23.2 Å². The van der Waals surface area contributed by atoms with Crippen molar-refractivity contribution in [3.63, 3.8) is 0 Å². The molecule has 1 aliphatic heterocycles. The molecule has 1 amide bonds. The molecule has 1 saturated carbocycles. The summed E-state index contributed by atoms with van der Waals surface area (Å²) in [7, 11) is 0. The smallest absolute Gasteiger partial charge is 0.227 e. The summed E-state index contributed by atoms with van der Waals surface area (Å²) in [6.07, 6.45) is 3.64. The number of nitrogens with one attached hydrogen (secondary N) is 1. The maximum atomic E-state index is 13.4. The van der Waals surface area contributed by atoms with E-state index >= 15 is 0 Å². The molecular weight excluding hydrogens is 275 g/mol. The van der Waals surface area contributed by atoms with Crippen LogP contribution in [0.2, 0.25) is 0 Å². The summed E-state index contributed by atoms with van der Waals surface area (Å²) in [6.45, 7) is 0.399. The van der Waals surface area contributed by atoms with Gasteiger partial charge in [-0.05, 0) is 43.0 Å². The van der Waals surface area contributed by atoms with Crippen molar-refractivity contribution in [3.8, 4) is 0 Å². The lowest BCUT2D eigenvalue weighted by molar-refractivity contribution is -0.136. The summed E-state index contributed by atoms with van der Waals surface area (Å²) in [5, 5.41) is 3.10. The molecule has 1 aromatic carbocycles. The number of thioether (sulfide) groups is 1. The Labute approximate surface area is 122 Å². The van der Waals surface area contributed by atoms with Crippen LogP contribution in [0.5, 0.6) is 0 Å². The van der Waals surface area contributed by atoms with Crippen LogP contribution in [0.1, 0.15) is 37.3 Å². The average Bonchev–Trinajstić information content (AvgIpc) is 2.39. The third kappa shape index (κ3) is 2.33. The molecule has 1 aliphatic carbocycles. The van der Waals surface area contributed by atoms with Gasteiger partial charge < -0.3 is 11.1 Å². The van der Waals surface area contributed by atoms with Crippen LogP contribution in [0.15, 0.2) is 23.1 Å². The van der Waals surface area contributed by atoms with Gasteiger partial charge in [0.15, 0.2) is 0 Å². The third-order valence-electron chi connectivity index (χ3n) is 4.50. The first-order valence-electron chi connectivity index (χ1n) is 7.08. The first-order valence-corrected chi connectivity index (χ1v) is 8.06. The Bertz CT molecular complexity index is 525. The predicted octanol–water partition coefficient (Wildman–Crippen LogP) is 2.61. The molecule has 3 rings (SSSR count). The van der Waals surface area contributed by atoms with E-state index in [0.717, 1.165) is 41.9 Å². The molecule has 20 heavy (non-hydrogen) atoms. The zero-order chi connectivity index (χ0) is 14.2. The Morgan fingerprint density at radius 2 is 2.30 bits per heavy atom. The van der Waals surface area contributed by atoms with Crippen LogP contribution in [-0.4, -0.2) is 18.2 Å². The highest BCUT2D eigenvalue weighted by atomic mass is 32.2. The van der Waals surface area contributed by atoms with E-state index in [0.29, 0.717) is 6.54 Å². The number of rotatable bonds is 3. The average molecular weight is 294 g/mol. The monoisotopic (exact) mass is 294 g/mol. The summed E-state index contributed by atoms with van der Waals surface area (Å²) < 4.78 is 13.4. The number of nitrogens with two attached hydrogens (primary N) is 1. The summed E-state index contributed by atoms with van der Waals surface area (Å²) in [4.78, 5) is 13.5. The molecule has 1 unspecified atom stereocenters. The van der Waals surface area contributed by atoms with Crippen LogP contribution in [0.4, 0.5) is 4.39 Å². The van der Waals surface area contributed by atoms with Crippen LogP contribution in [0, 0.1) is 11.2 Å². The molecule has 1 aromatic rings. The van der Waals surface area contributed by atoms with Gasteiger partial charge in [0, 0.05) is 17.2 Å². The summed E-state index contributed by atoms with van der Waals surface area (Å²) in [5.74, 6) is 0.736. The van der Waals surface area contributed by atoms with Crippen molar-refractivity contribution in [2.75, 3.05) is 12.3 Å². The van der Waals surface area contributed by atoms with Crippen LogP contribution >= 0.6 is 11.8 Å². The minimum Gasteiger partial charge on any atom is -0.349 e. The largest absolute Gasteiger partial charge is 0.349 e. The number of benzene rings is 1. The first kappa shape index (κ1) is 13.9. The normalized spacial score (nSPS) is 23.6. The maximum absolute atomic E-state index is 13.4. The van der Waals surface area contributed by atoms with Crippen molar-refractivity contribution < 1.29 is 9.18 Å². The molecule has 3 N–H and O–H groups in total. The van der Waals surface area contributed by atoms with Crippen LogP contribution < -0.4 is 11.1 Å². The van der Waals surface area contributed by atoms with Crippen molar-refractivity contribution in [1.29, 1.82) is 0 Å². The Hall–Kier alpha value is -1.07. The zero-order valence-corrected chi connectivity index (χ0v) is 12.1. The van der Waals surface area contributed by atoms with Gasteiger partial charge in [0.2, 0.25) is 5.91 Å². The molecule has 3 nitrogen and oxygen atoms in total. The summed E-state index contributed by atoms with van der Waals surface area (Å²) >= 11 is 1.72. The minimum atomic E-state index is -0.377. The van der Waals surface area contributed by atoms with Gasteiger partial charge in [0.25, 0.3) is 0 Å². The van der Waals surface area contributed by atoms with Gasteiger partial charge in [-0.2, -0.15) is 0 Å². The fourth-order valence-corrected chi connectivity index (χ4v) is 4.06. The lowest BCUT2D eigenvalue weighted by Gasteiger charge is -2.40. The van der Waals surface area contributed by atoms with Gasteiger partial charge >= 0.3 is 0 Å². The molecule has 1 heterocycles. The maximum Gasteiger partial charge on any atom is 0.227 e. The standard InChI is InChI=1S/C15H19FN2OS/c16-10-2-3-13-11(8-10)12(4-7-20-13)18-14(19)15(9-17)5-1-6-15/h2-3,8,12H,1,4-7,9,17H2,(H,18,19). The van der Waals surface area contributed by atoms with Crippen LogP contribution in [0.3, 0.4) is 0 Å². The number of hydrogen-bond acceptors (Lipinski definition) is 3. The molecule has 0 saturated heterocycles. The fourth-order valence-electron chi connectivity index (χ4n) is 2.95. The van der Waals surface area contributed by atoms with E-state index < -0.39 is 0 Å². The third-order valence-corrected chi connectivity index (χ3v) is 5.62. The quantitative estimate of drug-likeness (QED) is 0.901. The molecule has 0 aromatic heterocycles. The van der Waals surface area contributed by atoms with E-state index in [1.54, 1.807) is 23.9 Å². The predicted molar refractivity (Wildman–Crippen MR) is 78.0 cm³/mol. The summed E-state index contributed by atoms with van der Waals surface area (Å²) in [5.41, 5.74) is 6.30. The number of hydrogen-bond donors (Lipinski definition) is 2. The molecule has 5 heteroatoms. The molecule has 0 spiro atoms. The Kier molecular flexibility index (Phi) is 3.73. The number of amides is 1. The lowest BCUT2D eigenvalue weighted by Crippen LogP contribution is -2.51. The number of carbonyl (C=O) groups excluding carboxylic acids is 1. The second-order valence-corrected chi connectivity index (χ2v) is 6.82. The minimum absolute atomic E-state index is 0.0401. The van der Waals surface area contributed by atoms with Crippen molar-refractivity contribution in [3.05, 3.63) is 29.6 Å². The number of carbonyl (C=O) groups is 1. The topological polar surface area (TPSA) is 55.1 Å². The Balaban J connectivity index is 1.79. The van der Waals surface area contributed by atoms with E-state index in [1.807, 2.05) is 0 Å². The first-order chi connectivity index (χ1) is 9.64. The highest BCUT2D eigenvalue weighted by Crippen LogP contribution is 2.42. The second kappa shape index (κ2) is 5.37. The number of halogens is 1. The van der Waals surface area contributed by atoms with E-state index in [2.05, 4.69) is 5.32 Å². The van der Waals surface area contributed by atoms with Crippen molar-refractivity contribution >= 4 is 17.7 Å². The fraction of sp³-hybridized carbons (Fsp3) is 0.533. The highest BCUT2D eigenvalue weighted by Gasteiger charge is 2.43. The molecule has 108 valence electrons. The van der Waals surface area contributed by atoms with Crippen molar-refractivity contribution in [2.24, 2.45) is 11.1 Å². The van der Waals surface area contributed by atoms with Crippen molar-refractivity contribution in [2.45, 2.75) is 36.6 Å². The highest BCUT2D eigenvalue weighted by molar-refractivity contribution is 7.99. The molecule has 2 aliphatic rings. The van der Waals surface area contributed by atoms with Crippen LogP contribution in [-0.2, 0) is 4.79 Å². The second-order valence-electron chi connectivity index (χ2n) is 5.68. The van der Waals surface area contributed by atoms with E-state index in [4.69, 9.17) is 5.73 Å². The molecule has 0 radical (unpaired) electrons. The molecule has 1 fully saturated rings. The van der Waals surface area contributed by atoms with E-state index in [1.165, 1.54) is 6.07 Å². The van der Waals surface area contributed by atoms with Crippen LogP contribution in [0.25, 0.3) is 0 Å². The van der Waals surface area contributed by atoms with Gasteiger partial charge in [-0.3, -0.25) is 4.79 Å². The Morgan fingerprint density at radius 1 is 1.50 bits per heavy atom. The summed E-state index contributed by atoms with van der Waals surface area (Å²) in [6, 6.07) is 4.74. The zero-order valence-electron chi connectivity index (χ0n) is 11.3. The molecule has 0 bridgehead atoms. The van der Waals surface area contributed by atoms with E-state index in [9.17, 15) is 9.18 Å². The van der Waals surface area contributed by atoms with Gasteiger partial charge in [-0.25, -0.2) is 4.39 Å². The van der Waals surface area contributed by atoms with Crippen molar-refractivity contribution in [1.82, 2.24) is 5.32 Å². The number of fused-ring (bicyclic) bond motifs is 1. The lowest BCUT2D eigenvalue weighted by atomic mass is 9.68. The van der Waals surface area contributed by atoms with Gasteiger partial charge in [0.05, 0.1) is 11.5 Å². The van der Waals surface area contributed by atoms with Gasteiger partial charge in [0.1, 0.15) is 5.82 Å². The van der Waals surface area contributed by atoms with Gasteiger partial charge in [-0.1, -0.05) is 6.42 Å².